The molecule has 0 atom stereocenters. The van der Waals surface area contributed by atoms with Crippen LogP contribution < -0.4 is 0 Å². The highest BCUT2D eigenvalue weighted by molar-refractivity contribution is 9.10. The lowest BCUT2D eigenvalue weighted by Gasteiger charge is -2.05. The second-order valence-corrected chi connectivity index (χ2v) is 6.97. The maximum Gasteiger partial charge on any atom is 0.147 e. The summed E-state index contributed by atoms with van der Waals surface area (Å²) in [6.07, 6.45) is 5.45. The molecule has 3 heterocycles. The van der Waals surface area contributed by atoms with Crippen LogP contribution in [-0.4, -0.2) is 14.4 Å². The molecule has 0 spiro atoms. The van der Waals surface area contributed by atoms with Crippen molar-refractivity contribution < 1.29 is 0 Å². The van der Waals surface area contributed by atoms with Gasteiger partial charge in [0.1, 0.15) is 5.65 Å². The van der Waals surface area contributed by atoms with E-state index in [1.807, 2.05) is 28.8 Å². The largest absolute Gasteiger partial charge is 0.299 e. The van der Waals surface area contributed by atoms with E-state index >= 15 is 0 Å². The zero-order valence-electron chi connectivity index (χ0n) is 12.3. The third-order valence-corrected chi connectivity index (χ3v) is 4.91. The van der Waals surface area contributed by atoms with Gasteiger partial charge in [0.25, 0.3) is 0 Å². The van der Waals surface area contributed by atoms with Crippen molar-refractivity contribution in [1.82, 2.24) is 14.4 Å². The van der Waals surface area contributed by atoms with Crippen LogP contribution in [0.4, 0.5) is 0 Å². The van der Waals surface area contributed by atoms with Crippen LogP contribution in [0.25, 0.3) is 33.9 Å². The van der Waals surface area contributed by atoms with E-state index in [1.165, 1.54) is 0 Å². The molecule has 3 nitrogen and oxygen atoms in total. The monoisotopic (exact) mass is 417 g/mol. The fourth-order valence-electron chi connectivity index (χ4n) is 2.80. The van der Waals surface area contributed by atoms with E-state index in [2.05, 4.69) is 27.5 Å². The first-order chi connectivity index (χ1) is 11.6. The molecule has 118 valence electrons. The van der Waals surface area contributed by atoms with Gasteiger partial charge in [-0.2, -0.15) is 0 Å². The lowest BCUT2D eigenvalue weighted by atomic mass is 10.1. The average molecular weight is 419 g/mol. The molecule has 0 bridgehead atoms. The summed E-state index contributed by atoms with van der Waals surface area (Å²) in [6.45, 7) is 3.92. The van der Waals surface area contributed by atoms with Gasteiger partial charge in [0.15, 0.2) is 0 Å². The molecule has 6 heteroatoms. The first-order valence-electron chi connectivity index (χ1n) is 7.13. The van der Waals surface area contributed by atoms with Gasteiger partial charge < -0.3 is 0 Å². The standard InChI is InChI=1S/C18H10BrCl2N3/c1-2-15-17(16-12(20)4-3-5-13(16)21)23-18-11-8-10(19)9-22-14(11)6-7-24(15)18/h2-9H,1H2. The van der Waals surface area contributed by atoms with E-state index in [4.69, 9.17) is 28.2 Å². The Morgan fingerprint density at radius 2 is 1.92 bits per heavy atom. The Labute approximate surface area is 156 Å². The molecule has 0 aliphatic heterocycles. The minimum atomic E-state index is 0.553. The van der Waals surface area contributed by atoms with Gasteiger partial charge >= 0.3 is 0 Å². The molecule has 0 aliphatic rings. The highest BCUT2D eigenvalue weighted by Crippen LogP contribution is 2.37. The van der Waals surface area contributed by atoms with Crippen LogP contribution in [0.1, 0.15) is 5.69 Å². The maximum absolute atomic E-state index is 6.38. The van der Waals surface area contributed by atoms with Crippen molar-refractivity contribution in [1.29, 1.82) is 0 Å². The van der Waals surface area contributed by atoms with E-state index < -0.39 is 0 Å². The first-order valence-corrected chi connectivity index (χ1v) is 8.68. The summed E-state index contributed by atoms with van der Waals surface area (Å²) in [6, 6.07) is 9.36. The molecule has 0 saturated heterocycles. The number of nitrogens with zero attached hydrogens (tertiary/aromatic N) is 3. The van der Waals surface area contributed by atoms with Crippen molar-refractivity contribution >= 4 is 61.8 Å². The molecule has 0 fully saturated rings. The van der Waals surface area contributed by atoms with Crippen LogP contribution in [0, 0.1) is 0 Å². The molecular weight excluding hydrogens is 409 g/mol. The highest BCUT2D eigenvalue weighted by Gasteiger charge is 2.18. The van der Waals surface area contributed by atoms with Crippen LogP contribution in [0.15, 0.2) is 53.8 Å². The Morgan fingerprint density at radius 3 is 2.62 bits per heavy atom. The fraction of sp³-hybridized carbons (Fsp3) is 0. The lowest BCUT2D eigenvalue weighted by molar-refractivity contribution is 1.18. The van der Waals surface area contributed by atoms with Crippen LogP contribution >= 0.6 is 39.1 Å². The minimum absolute atomic E-state index is 0.553. The van der Waals surface area contributed by atoms with Crippen molar-refractivity contribution in [2.75, 3.05) is 0 Å². The van der Waals surface area contributed by atoms with Gasteiger partial charge in [0, 0.05) is 27.8 Å². The van der Waals surface area contributed by atoms with Gasteiger partial charge in [-0.25, -0.2) is 4.98 Å². The Hall–Kier alpha value is -1.88. The molecule has 0 unspecified atom stereocenters. The van der Waals surface area contributed by atoms with Crippen molar-refractivity contribution in [3.63, 3.8) is 0 Å². The van der Waals surface area contributed by atoms with Crippen molar-refractivity contribution in [2.24, 2.45) is 0 Å². The van der Waals surface area contributed by atoms with Crippen molar-refractivity contribution in [2.45, 2.75) is 0 Å². The summed E-state index contributed by atoms with van der Waals surface area (Å²) in [5, 5.41) is 2.04. The van der Waals surface area contributed by atoms with E-state index in [1.54, 1.807) is 24.4 Å². The number of hydrogen-bond donors (Lipinski definition) is 0. The summed E-state index contributed by atoms with van der Waals surface area (Å²) in [4.78, 5) is 9.23. The Kier molecular flexibility index (Phi) is 3.83. The van der Waals surface area contributed by atoms with E-state index in [9.17, 15) is 0 Å². The normalized spacial score (nSPS) is 11.3. The topological polar surface area (TPSA) is 30.2 Å². The predicted molar refractivity (Wildman–Crippen MR) is 104 cm³/mol. The quantitative estimate of drug-likeness (QED) is 0.384. The zero-order valence-corrected chi connectivity index (χ0v) is 15.4. The third-order valence-electron chi connectivity index (χ3n) is 3.85. The molecule has 24 heavy (non-hydrogen) atoms. The molecular formula is C18H10BrCl2N3. The molecule has 1 aromatic carbocycles. The fourth-order valence-corrected chi connectivity index (χ4v) is 3.70. The zero-order chi connectivity index (χ0) is 16.8. The smallest absolute Gasteiger partial charge is 0.147 e. The van der Waals surface area contributed by atoms with E-state index in [-0.39, 0.29) is 0 Å². The number of hydrogen-bond acceptors (Lipinski definition) is 2. The number of aromatic nitrogens is 3. The molecule has 0 N–H and O–H groups in total. The second-order valence-electron chi connectivity index (χ2n) is 5.24. The Balaban J connectivity index is 2.16. The highest BCUT2D eigenvalue weighted by atomic mass is 79.9. The summed E-state index contributed by atoms with van der Waals surface area (Å²) in [7, 11) is 0. The van der Waals surface area contributed by atoms with Crippen LogP contribution in [0.3, 0.4) is 0 Å². The first kappa shape index (κ1) is 15.6. The molecule has 0 saturated carbocycles. The number of benzene rings is 1. The summed E-state index contributed by atoms with van der Waals surface area (Å²) in [5.74, 6) is 0. The van der Waals surface area contributed by atoms with Crippen molar-refractivity contribution in [3.05, 3.63) is 69.5 Å². The number of rotatable bonds is 2. The van der Waals surface area contributed by atoms with Crippen molar-refractivity contribution in [3.8, 4) is 11.3 Å². The Bertz CT molecular complexity index is 1100. The number of pyridine rings is 2. The van der Waals surface area contributed by atoms with Crippen LogP contribution in [0.5, 0.6) is 0 Å². The predicted octanol–water partition coefficient (Wildman–Crippen LogP) is 6.26. The third kappa shape index (κ3) is 2.34. The van der Waals surface area contributed by atoms with Gasteiger partial charge in [-0.15, -0.1) is 0 Å². The molecule has 0 radical (unpaired) electrons. The maximum atomic E-state index is 6.38. The number of halogens is 3. The SMILES string of the molecule is C=Cc1c(-c2c(Cl)cccc2Cl)nc2c3cc(Br)cnc3ccn12. The van der Waals surface area contributed by atoms with Crippen LogP contribution in [0.2, 0.25) is 10.0 Å². The summed E-state index contributed by atoms with van der Waals surface area (Å²) < 4.78 is 2.86. The van der Waals surface area contributed by atoms with Gasteiger partial charge in [0.05, 0.1) is 26.9 Å². The molecule has 0 amide bonds. The van der Waals surface area contributed by atoms with E-state index in [0.29, 0.717) is 21.3 Å². The average Bonchev–Trinajstić information content (AvgIpc) is 2.93. The van der Waals surface area contributed by atoms with Gasteiger partial charge in [0.2, 0.25) is 0 Å². The summed E-state index contributed by atoms with van der Waals surface area (Å²) >= 11 is 16.2. The molecule has 0 aliphatic carbocycles. The molecule has 3 aromatic heterocycles. The number of fused-ring (bicyclic) bond motifs is 3. The Morgan fingerprint density at radius 1 is 1.17 bits per heavy atom. The van der Waals surface area contributed by atoms with Gasteiger partial charge in [-0.05, 0) is 46.3 Å². The van der Waals surface area contributed by atoms with Crippen LogP contribution in [-0.2, 0) is 0 Å². The lowest BCUT2D eigenvalue weighted by Crippen LogP contribution is -1.90. The summed E-state index contributed by atoms with van der Waals surface area (Å²) in [5.41, 5.74) is 3.88. The second kappa shape index (κ2) is 5.88. The number of imidazole rings is 1. The molecule has 4 aromatic rings. The van der Waals surface area contributed by atoms with Gasteiger partial charge in [-0.3, -0.25) is 9.38 Å². The molecule has 4 rings (SSSR count). The van der Waals surface area contributed by atoms with Gasteiger partial charge in [-0.1, -0.05) is 35.8 Å². The van der Waals surface area contributed by atoms with E-state index in [0.717, 1.165) is 26.7 Å². The minimum Gasteiger partial charge on any atom is -0.299 e.